The second-order valence-corrected chi connectivity index (χ2v) is 4.89. The van der Waals surface area contributed by atoms with Gasteiger partial charge in [0.25, 0.3) is 0 Å². The summed E-state index contributed by atoms with van der Waals surface area (Å²) in [5, 5.41) is 30.1. The largest absolute Gasteiger partial charge is 0.393 e. The minimum absolute atomic E-state index is 0.234. The molecule has 5 nitrogen and oxygen atoms in total. The van der Waals surface area contributed by atoms with E-state index in [1.165, 1.54) is 0 Å². The van der Waals surface area contributed by atoms with Crippen molar-refractivity contribution in [1.29, 1.82) is 5.26 Å². The van der Waals surface area contributed by atoms with Crippen LogP contribution in [-0.2, 0) is 0 Å². The van der Waals surface area contributed by atoms with E-state index >= 15 is 0 Å². The van der Waals surface area contributed by atoms with E-state index in [4.69, 9.17) is 5.26 Å². The van der Waals surface area contributed by atoms with Crippen molar-refractivity contribution in [3.05, 3.63) is 16.8 Å². The molecule has 2 N–H and O–H groups in total. The van der Waals surface area contributed by atoms with Crippen molar-refractivity contribution >= 4 is 5.82 Å². The molecule has 0 amide bonds. The summed E-state index contributed by atoms with van der Waals surface area (Å²) in [5.41, 5.74) is 2.19. The van der Waals surface area contributed by atoms with Crippen LogP contribution in [0, 0.1) is 31.1 Å². The molecule has 0 saturated heterocycles. The smallest absolute Gasteiger partial charge is 0.166 e. The van der Waals surface area contributed by atoms with Gasteiger partial charge in [-0.05, 0) is 32.3 Å². The predicted molar refractivity (Wildman–Crippen MR) is 68.1 cm³/mol. The number of aromatic nitrogens is 2. The van der Waals surface area contributed by atoms with Crippen LogP contribution in [0.3, 0.4) is 0 Å². The Bertz CT molecular complexity index is 481. The number of aliphatic hydroxyl groups excluding tert-OH is 1. The summed E-state index contributed by atoms with van der Waals surface area (Å²) in [6.45, 7) is 4.36. The SMILES string of the molecule is Cc1nnc(NCC2CCCC2O)c(C#N)c1C. The molecule has 1 saturated carbocycles. The Labute approximate surface area is 107 Å². The van der Waals surface area contributed by atoms with Crippen molar-refractivity contribution in [2.45, 2.75) is 39.2 Å². The van der Waals surface area contributed by atoms with Crippen molar-refractivity contribution in [1.82, 2.24) is 10.2 Å². The molecule has 18 heavy (non-hydrogen) atoms. The van der Waals surface area contributed by atoms with Crippen LogP contribution in [0.5, 0.6) is 0 Å². The van der Waals surface area contributed by atoms with Crippen molar-refractivity contribution in [3.8, 4) is 6.07 Å². The summed E-state index contributed by atoms with van der Waals surface area (Å²) in [5.74, 6) is 0.777. The van der Waals surface area contributed by atoms with Gasteiger partial charge in [0.2, 0.25) is 0 Å². The molecular weight excluding hydrogens is 228 g/mol. The number of anilines is 1. The summed E-state index contributed by atoms with van der Waals surface area (Å²) in [7, 11) is 0. The molecule has 0 spiro atoms. The highest BCUT2D eigenvalue weighted by Gasteiger charge is 2.25. The summed E-state index contributed by atoms with van der Waals surface area (Å²) in [6.07, 6.45) is 2.73. The fourth-order valence-corrected chi connectivity index (χ4v) is 2.35. The lowest BCUT2D eigenvalue weighted by molar-refractivity contribution is 0.138. The number of hydrogen-bond acceptors (Lipinski definition) is 5. The molecule has 0 aromatic carbocycles. The van der Waals surface area contributed by atoms with Crippen molar-refractivity contribution in [2.24, 2.45) is 5.92 Å². The molecule has 96 valence electrons. The van der Waals surface area contributed by atoms with E-state index < -0.39 is 0 Å². The van der Waals surface area contributed by atoms with E-state index in [1.807, 2.05) is 13.8 Å². The van der Waals surface area contributed by atoms with Crippen LogP contribution in [0.25, 0.3) is 0 Å². The third kappa shape index (κ3) is 2.44. The first-order chi connectivity index (χ1) is 8.63. The molecule has 0 bridgehead atoms. The average molecular weight is 246 g/mol. The highest BCUT2D eigenvalue weighted by atomic mass is 16.3. The first-order valence-electron chi connectivity index (χ1n) is 6.29. The van der Waals surface area contributed by atoms with Gasteiger partial charge >= 0.3 is 0 Å². The predicted octanol–water partition coefficient (Wildman–Crippen LogP) is 1.54. The quantitative estimate of drug-likeness (QED) is 0.845. The maximum absolute atomic E-state index is 9.75. The van der Waals surface area contributed by atoms with Gasteiger partial charge in [0.05, 0.1) is 11.8 Å². The standard InChI is InChI=1S/C13H18N4O/c1-8-9(2)16-17-13(11(8)6-14)15-7-10-4-3-5-12(10)18/h10,12,18H,3-5,7H2,1-2H3,(H,15,17). The maximum atomic E-state index is 9.75. The average Bonchev–Trinajstić information content (AvgIpc) is 2.76. The highest BCUT2D eigenvalue weighted by molar-refractivity contribution is 5.55. The van der Waals surface area contributed by atoms with Gasteiger partial charge in [0.15, 0.2) is 5.82 Å². The van der Waals surface area contributed by atoms with Crippen LogP contribution in [0.2, 0.25) is 0 Å². The Morgan fingerprint density at radius 1 is 1.39 bits per heavy atom. The zero-order valence-corrected chi connectivity index (χ0v) is 10.8. The fraction of sp³-hybridized carbons (Fsp3) is 0.615. The van der Waals surface area contributed by atoms with Gasteiger partial charge in [-0.3, -0.25) is 0 Å². The molecule has 1 fully saturated rings. The van der Waals surface area contributed by atoms with E-state index in [2.05, 4.69) is 21.6 Å². The van der Waals surface area contributed by atoms with Gasteiger partial charge in [-0.2, -0.15) is 10.4 Å². The second kappa shape index (κ2) is 5.32. The van der Waals surface area contributed by atoms with Crippen LogP contribution < -0.4 is 5.32 Å². The van der Waals surface area contributed by atoms with Crippen molar-refractivity contribution in [2.75, 3.05) is 11.9 Å². The van der Waals surface area contributed by atoms with Crippen LogP contribution in [0.15, 0.2) is 0 Å². The van der Waals surface area contributed by atoms with Crippen molar-refractivity contribution < 1.29 is 5.11 Å². The van der Waals surface area contributed by atoms with Crippen molar-refractivity contribution in [3.63, 3.8) is 0 Å². The zero-order valence-electron chi connectivity index (χ0n) is 10.8. The molecular formula is C13H18N4O. The normalized spacial score (nSPS) is 22.8. The van der Waals surface area contributed by atoms with E-state index in [0.717, 1.165) is 30.5 Å². The highest BCUT2D eigenvalue weighted by Crippen LogP contribution is 2.26. The van der Waals surface area contributed by atoms with Gasteiger partial charge < -0.3 is 10.4 Å². The number of nitriles is 1. The topological polar surface area (TPSA) is 81.8 Å². The van der Waals surface area contributed by atoms with Crippen LogP contribution in [0.4, 0.5) is 5.82 Å². The fourth-order valence-electron chi connectivity index (χ4n) is 2.35. The first-order valence-corrected chi connectivity index (χ1v) is 6.29. The molecule has 2 atom stereocenters. The lowest BCUT2D eigenvalue weighted by Crippen LogP contribution is -2.23. The Morgan fingerprint density at radius 2 is 2.17 bits per heavy atom. The van der Waals surface area contributed by atoms with E-state index in [0.29, 0.717) is 17.9 Å². The van der Waals surface area contributed by atoms with Gasteiger partial charge in [0.1, 0.15) is 11.6 Å². The Hall–Kier alpha value is -1.67. The summed E-state index contributed by atoms with van der Waals surface area (Å²) in [6, 6.07) is 2.16. The molecule has 1 aromatic rings. The number of aryl methyl sites for hydroxylation is 1. The lowest BCUT2D eigenvalue weighted by Gasteiger charge is -2.16. The minimum Gasteiger partial charge on any atom is -0.393 e. The van der Waals surface area contributed by atoms with Crippen LogP contribution >= 0.6 is 0 Å². The van der Waals surface area contributed by atoms with E-state index in [-0.39, 0.29) is 12.0 Å². The van der Waals surface area contributed by atoms with Gasteiger partial charge in [-0.1, -0.05) is 6.42 Å². The first kappa shape index (κ1) is 12.8. The molecule has 0 radical (unpaired) electrons. The maximum Gasteiger partial charge on any atom is 0.166 e. The number of aliphatic hydroxyl groups is 1. The number of nitrogens with zero attached hydrogens (tertiary/aromatic N) is 3. The molecule has 1 aliphatic carbocycles. The van der Waals surface area contributed by atoms with Gasteiger partial charge in [-0.15, -0.1) is 5.10 Å². The number of hydrogen-bond donors (Lipinski definition) is 2. The minimum atomic E-state index is -0.234. The molecule has 5 heteroatoms. The summed E-state index contributed by atoms with van der Waals surface area (Å²) >= 11 is 0. The monoisotopic (exact) mass is 246 g/mol. The third-order valence-corrected chi connectivity index (χ3v) is 3.72. The molecule has 2 rings (SSSR count). The Balaban J connectivity index is 2.10. The zero-order chi connectivity index (χ0) is 13.1. The Kier molecular flexibility index (Phi) is 3.78. The summed E-state index contributed by atoms with van der Waals surface area (Å²) < 4.78 is 0. The molecule has 2 unspecified atom stereocenters. The molecule has 0 aliphatic heterocycles. The number of rotatable bonds is 3. The van der Waals surface area contributed by atoms with E-state index in [1.54, 1.807) is 0 Å². The van der Waals surface area contributed by atoms with Gasteiger partial charge in [-0.25, -0.2) is 0 Å². The van der Waals surface area contributed by atoms with Crippen LogP contribution in [-0.4, -0.2) is 28.0 Å². The van der Waals surface area contributed by atoms with E-state index in [9.17, 15) is 5.11 Å². The molecule has 1 aliphatic rings. The third-order valence-electron chi connectivity index (χ3n) is 3.72. The summed E-state index contributed by atoms with van der Waals surface area (Å²) in [4.78, 5) is 0. The second-order valence-electron chi connectivity index (χ2n) is 4.89. The van der Waals surface area contributed by atoms with Gasteiger partial charge in [0, 0.05) is 12.5 Å². The molecule has 1 heterocycles. The number of nitrogens with one attached hydrogen (secondary N) is 1. The van der Waals surface area contributed by atoms with Crippen LogP contribution in [0.1, 0.15) is 36.1 Å². The lowest BCUT2D eigenvalue weighted by atomic mass is 10.1. The Morgan fingerprint density at radius 3 is 2.78 bits per heavy atom. The molecule has 1 aromatic heterocycles.